The second-order valence-electron chi connectivity index (χ2n) is 5.48. The van der Waals surface area contributed by atoms with Crippen LogP contribution in [0.4, 0.5) is 0 Å². The van der Waals surface area contributed by atoms with E-state index in [2.05, 4.69) is 25.8 Å². The van der Waals surface area contributed by atoms with Gasteiger partial charge in [0.2, 0.25) is 5.91 Å². The molecule has 0 aliphatic rings. The molecule has 128 valence electrons. The first-order valence-corrected chi connectivity index (χ1v) is 8.68. The van der Waals surface area contributed by atoms with Crippen molar-refractivity contribution in [1.29, 1.82) is 0 Å². The van der Waals surface area contributed by atoms with Crippen LogP contribution in [0.1, 0.15) is 29.8 Å². The zero-order valence-electron chi connectivity index (χ0n) is 13.7. The van der Waals surface area contributed by atoms with Gasteiger partial charge in [-0.1, -0.05) is 37.7 Å². The van der Waals surface area contributed by atoms with E-state index in [-0.39, 0.29) is 17.7 Å². The molecule has 24 heavy (non-hydrogen) atoms. The Morgan fingerprint density at radius 2 is 1.88 bits per heavy atom. The molecule has 0 saturated heterocycles. The highest BCUT2D eigenvalue weighted by Crippen LogP contribution is 2.18. The van der Waals surface area contributed by atoms with Gasteiger partial charge in [0.25, 0.3) is 5.91 Å². The van der Waals surface area contributed by atoms with Crippen molar-refractivity contribution in [3.05, 3.63) is 41.7 Å². The van der Waals surface area contributed by atoms with E-state index in [0.717, 1.165) is 16.5 Å². The van der Waals surface area contributed by atoms with Crippen molar-refractivity contribution in [1.82, 2.24) is 25.8 Å². The second-order valence-corrected chi connectivity index (χ2v) is 6.44. The highest BCUT2D eigenvalue weighted by Gasteiger charge is 2.07. The molecule has 2 aromatic rings. The fourth-order valence-corrected chi connectivity index (χ4v) is 2.57. The minimum atomic E-state index is -0.150. The Morgan fingerprint density at radius 1 is 1.17 bits per heavy atom. The van der Waals surface area contributed by atoms with Gasteiger partial charge in [0.15, 0.2) is 5.16 Å². The smallest absolute Gasteiger partial charge is 0.251 e. The molecular weight excluding hydrogens is 326 g/mol. The van der Waals surface area contributed by atoms with Crippen molar-refractivity contribution in [2.75, 3.05) is 13.1 Å². The molecule has 0 aliphatic carbocycles. The van der Waals surface area contributed by atoms with Crippen molar-refractivity contribution in [2.45, 2.75) is 24.8 Å². The van der Waals surface area contributed by atoms with Crippen molar-refractivity contribution in [3.8, 4) is 0 Å². The average Bonchev–Trinajstić information content (AvgIpc) is 3.10. The molecule has 7 nitrogen and oxygen atoms in total. The Morgan fingerprint density at radius 3 is 2.50 bits per heavy atom. The van der Waals surface area contributed by atoms with Gasteiger partial charge >= 0.3 is 0 Å². The normalized spacial score (nSPS) is 10.6. The number of rotatable bonds is 8. The zero-order chi connectivity index (χ0) is 17.4. The van der Waals surface area contributed by atoms with Gasteiger partial charge in [-0.2, -0.15) is 5.10 Å². The SMILES string of the molecule is CC(C)C(=O)NCCNC(=O)c1ccc(CSc2ncn[nH]2)cc1. The zero-order valence-corrected chi connectivity index (χ0v) is 14.5. The topological polar surface area (TPSA) is 99.8 Å². The average molecular weight is 347 g/mol. The van der Waals surface area contributed by atoms with E-state index in [9.17, 15) is 9.59 Å². The van der Waals surface area contributed by atoms with E-state index in [1.807, 2.05) is 26.0 Å². The fourth-order valence-electron chi connectivity index (χ4n) is 1.84. The quantitative estimate of drug-likeness (QED) is 0.497. The molecule has 1 heterocycles. The van der Waals surface area contributed by atoms with Gasteiger partial charge in [0, 0.05) is 30.3 Å². The van der Waals surface area contributed by atoms with Crippen LogP contribution in [0, 0.1) is 5.92 Å². The van der Waals surface area contributed by atoms with Crippen molar-refractivity contribution >= 4 is 23.6 Å². The molecule has 3 N–H and O–H groups in total. The van der Waals surface area contributed by atoms with Gasteiger partial charge < -0.3 is 10.6 Å². The van der Waals surface area contributed by atoms with Gasteiger partial charge in [-0.05, 0) is 17.7 Å². The third-order valence-corrected chi connectivity index (χ3v) is 4.17. The highest BCUT2D eigenvalue weighted by atomic mass is 32.2. The molecule has 1 aromatic heterocycles. The number of aromatic amines is 1. The number of hydrogen-bond donors (Lipinski definition) is 3. The van der Waals surface area contributed by atoms with Crippen LogP contribution in [0.2, 0.25) is 0 Å². The molecule has 0 fully saturated rings. The predicted octanol–water partition coefficient (Wildman–Crippen LogP) is 1.60. The molecular formula is C16H21N5O2S. The molecule has 8 heteroatoms. The summed E-state index contributed by atoms with van der Waals surface area (Å²) < 4.78 is 0. The summed E-state index contributed by atoms with van der Waals surface area (Å²) in [7, 11) is 0. The summed E-state index contributed by atoms with van der Waals surface area (Å²) in [6, 6.07) is 7.41. The van der Waals surface area contributed by atoms with Crippen LogP contribution in [0.3, 0.4) is 0 Å². The van der Waals surface area contributed by atoms with Crippen LogP contribution in [-0.2, 0) is 10.5 Å². The maximum absolute atomic E-state index is 12.0. The summed E-state index contributed by atoms with van der Waals surface area (Å²) >= 11 is 1.55. The highest BCUT2D eigenvalue weighted by molar-refractivity contribution is 7.98. The third-order valence-electron chi connectivity index (χ3n) is 3.22. The molecule has 0 saturated carbocycles. The Labute approximate surface area is 145 Å². The monoisotopic (exact) mass is 347 g/mol. The summed E-state index contributed by atoms with van der Waals surface area (Å²) in [5.41, 5.74) is 1.69. The maximum atomic E-state index is 12.0. The molecule has 0 radical (unpaired) electrons. The molecule has 0 unspecified atom stereocenters. The van der Waals surface area contributed by atoms with Crippen LogP contribution < -0.4 is 10.6 Å². The molecule has 0 bridgehead atoms. The Bertz CT molecular complexity index is 656. The number of nitrogens with zero attached hydrogens (tertiary/aromatic N) is 2. The Hall–Kier alpha value is -2.35. The molecule has 0 aliphatic heterocycles. The lowest BCUT2D eigenvalue weighted by Crippen LogP contribution is -2.36. The number of carbonyl (C=O) groups is 2. The molecule has 1 aromatic carbocycles. The first kappa shape index (κ1) is 18.0. The van der Waals surface area contributed by atoms with E-state index in [1.54, 1.807) is 23.9 Å². The second kappa shape index (κ2) is 9.07. The summed E-state index contributed by atoms with van der Waals surface area (Å²) in [4.78, 5) is 27.5. The maximum Gasteiger partial charge on any atom is 0.251 e. The summed E-state index contributed by atoms with van der Waals surface area (Å²) in [5.74, 6) is 0.530. The van der Waals surface area contributed by atoms with E-state index >= 15 is 0 Å². The van der Waals surface area contributed by atoms with Gasteiger partial charge in [0.05, 0.1) is 0 Å². The third kappa shape index (κ3) is 5.69. The molecule has 2 amide bonds. The van der Waals surface area contributed by atoms with Crippen LogP contribution in [0.25, 0.3) is 0 Å². The summed E-state index contributed by atoms with van der Waals surface area (Å²) in [6.07, 6.45) is 1.47. The molecule has 0 atom stereocenters. The number of thioether (sulfide) groups is 1. The fraction of sp³-hybridized carbons (Fsp3) is 0.375. The van der Waals surface area contributed by atoms with Crippen molar-refractivity contribution in [2.24, 2.45) is 5.92 Å². The van der Waals surface area contributed by atoms with Gasteiger partial charge in [-0.15, -0.1) is 0 Å². The number of amides is 2. The predicted molar refractivity (Wildman–Crippen MR) is 92.6 cm³/mol. The van der Waals surface area contributed by atoms with Crippen molar-refractivity contribution < 1.29 is 9.59 Å². The largest absolute Gasteiger partial charge is 0.354 e. The number of benzene rings is 1. The lowest BCUT2D eigenvalue weighted by molar-refractivity contribution is -0.123. The first-order chi connectivity index (χ1) is 11.6. The number of carbonyl (C=O) groups excluding carboxylic acids is 2. The number of nitrogens with one attached hydrogen (secondary N) is 3. The summed E-state index contributed by atoms with van der Waals surface area (Å²) in [6.45, 7) is 4.49. The summed E-state index contributed by atoms with van der Waals surface area (Å²) in [5, 5.41) is 12.9. The minimum Gasteiger partial charge on any atom is -0.354 e. The lowest BCUT2D eigenvalue weighted by Gasteiger charge is -2.09. The number of aromatic nitrogens is 3. The number of H-pyrrole nitrogens is 1. The van der Waals surface area contributed by atoms with Crippen molar-refractivity contribution in [3.63, 3.8) is 0 Å². The van der Waals surface area contributed by atoms with Crippen LogP contribution >= 0.6 is 11.8 Å². The van der Waals surface area contributed by atoms with E-state index in [0.29, 0.717) is 18.7 Å². The Kier molecular flexibility index (Phi) is 6.80. The van der Waals surface area contributed by atoms with Crippen LogP contribution in [0.15, 0.2) is 35.7 Å². The Balaban J connectivity index is 1.73. The van der Waals surface area contributed by atoms with Crippen LogP contribution in [0.5, 0.6) is 0 Å². The van der Waals surface area contributed by atoms with E-state index in [4.69, 9.17) is 0 Å². The van der Waals surface area contributed by atoms with Gasteiger partial charge in [-0.3, -0.25) is 14.7 Å². The van der Waals surface area contributed by atoms with Crippen LogP contribution in [-0.4, -0.2) is 40.1 Å². The minimum absolute atomic E-state index is 0.0159. The standard InChI is InChI=1S/C16H21N5O2S/c1-11(2)14(22)17-7-8-18-15(23)13-5-3-12(4-6-13)9-24-16-19-10-20-21-16/h3-6,10-11H,7-9H2,1-2H3,(H,17,22)(H,18,23)(H,19,20,21). The van der Waals surface area contributed by atoms with E-state index in [1.165, 1.54) is 6.33 Å². The van der Waals surface area contributed by atoms with Gasteiger partial charge in [0.1, 0.15) is 6.33 Å². The first-order valence-electron chi connectivity index (χ1n) is 7.69. The molecule has 2 rings (SSSR count). The van der Waals surface area contributed by atoms with Gasteiger partial charge in [-0.25, -0.2) is 4.98 Å². The van der Waals surface area contributed by atoms with E-state index < -0.39 is 0 Å². The lowest BCUT2D eigenvalue weighted by atomic mass is 10.1. The number of hydrogen-bond acceptors (Lipinski definition) is 5. The molecule has 0 spiro atoms.